The van der Waals surface area contributed by atoms with Crippen molar-refractivity contribution in [3.8, 4) is 5.75 Å². The number of methoxy groups -OCH3 is 1. The lowest BCUT2D eigenvalue weighted by Crippen LogP contribution is -2.50. The van der Waals surface area contributed by atoms with Crippen LogP contribution in [-0.4, -0.2) is 66.3 Å². The molecule has 2 fully saturated rings. The van der Waals surface area contributed by atoms with Gasteiger partial charge in [-0.25, -0.2) is 4.79 Å². The van der Waals surface area contributed by atoms with E-state index in [9.17, 15) is 19.2 Å². The van der Waals surface area contributed by atoms with Crippen LogP contribution in [0.3, 0.4) is 0 Å². The van der Waals surface area contributed by atoms with Gasteiger partial charge >= 0.3 is 6.03 Å². The van der Waals surface area contributed by atoms with E-state index in [-0.39, 0.29) is 12.5 Å². The maximum absolute atomic E-state index is 12.9. The number of ether oxygens (including phenoxy) is 1. The minimum absolute atomic E-state index is 0.263. The topological polar surface area (TPSA) is 108 Å². The van der Waals surface area contributed by atoms with Crippen LogP contribution in [0.2, 0.25) is 5.02 Å². The summed E-state index contributed by atoms with van der Waals surface area (Å²) >= 11 is 5.96. The molecule has 0 atom stereocenters. The number of urea groups is 1. The van der Waals surface area contributed by atoms with Crippen molar-refractivity contribution < 1.29 is 23.9 Å². The molecule has 5 amide bonds. The Kier molecular flexibility index (Phi) is 6.74. The zero-order chi connectivity index (χ0) is 22.8. The van der Waals surface area contributed by atoms with Gasteiger partial charge in [-0.3, -0.25) is 19.3 Å². The van der Waals surface area contributed by atoms with Gasteiger partial charge in [0.05, 0.1) is 19.3 Å². The van der Waals surface area contributed by atoms with Gasteiger partial charge in [-0.2, -0.15) is 0 Å². The highest BCUT2D eigenvalue weighted by Crippen LogP contribution is 2.36. The number of carbonyl (C=O) groups excluding carboxylic acids is 4. The fourth-order valence-electron chi connectivity index (χ4n) is 3.94. The van der Waals surface area contributed by atoms with Crippen molar-refractivity contribution in [2.75, 3.05) is 32.6 Å². The van der Waals surface area contributed by atoms with E-state index in [2.05, 4.69) is 17.6 Å². The normalized spacial score (nSPS) is 23.0. The minimum Gasteiger partial charge on any atom is -0.495 e. The Bertz CT molecular complexity index is 898. The molecule has 168 valence electrons. The van der Waals surface area contributed by atoms with Crippen molar-refractivity contribution in [1.29, 1.82) is 0 Å². The Balaban J connectivity index is 1.58. The van der Waals surface area contributed by atoms with E-state index in [0.717, 1.165) is 17.7 Å². The second kappa shape index (κ2) is 9.13. The van der Waals surface area contributed by atoms with E-state index in [4.69, 9.17) is 16.3 Å². The summed E-state index contributed by atoms with van der Waals surface area (Å²) in [7, 11) is 2.90. The molecule has 1 aliphatic carbocycles. The first kappa shape index (κ1) is 22.9. The fraction of sp³-hybridized carbons (Fsp3) is 0.524. The van der Waals surface area contributed by atoms with Gasteiger partial charge < -0.3 is 20.3 Å². The molecule has 0 aromatic heterocycles. The molecule has 9 nitrogen and oxygen atoms in total. The number of anilines is 1. The van der Waals surface area contributed by atoms with Crippen LogP contribution in [0.5, 0.6) is 5.75 Å². The van der Waals surface area contributed by atoms with E-state index < -0.39 is 29.9 Å². The molecule has 1 spiro atoms. The monoisotopic (exact) mass is 450 g/mol. The van der Waals surface area contributed by atoms with Gasteiger partial charge in [-0.1, -0.05) is 18.5 Å². The third-order valence-electron chi connectivity index (χ3n) is 5.91. The number of likely N-dealkylation sites (N-methyl/N-ethyl adjacent to an activating group) is 1. The molecular weight excluding hydrogens is 424 g/mol. The second-order valence-corrected chi connectivity index (χ2v) is 8.67. The van der Waals surface area contributed by atoms with Gasteiger partial charge in [0.25, 0.3) is 5.91 Å². The summed E-state index contributed by atoms with van der Waals surface area (Å²) in [4.78, 5) is 52.4. The summed E-state index contributed by atoms with van der Waals surface area (Å²) < 4.78 is 5.18. The Morgan fingerprint density at radius 1 is 1.32 bits per heavy atom. The van der Waals surface area contributed by atoms with Crippen LogP contribution in [0, 0.1) is 5.92 Å². The largest absolute Gasteiger partial charge is 0.495 e. The standard InChI is InChI=1S/C21H27ClN4O5/c1-13-6-8-21(9-7-13)19(29)26(20(30)24-21)12-18(28)25(2)11-17(27)23-15-10-14(22)4-5-16(15)31-3/h4-5,10,13H,6-9,11-12H2,1-3H3,(H,23,27)(H,24,30). The second-order valence-electron chi connectivity index (χ2n) is 8.23. The molecule has 10 heteroatoms. The first-order chi connectivity index (χ1) is 14.6. The van der Waals surface area contributed by atoms with E-state index in [1.54, 1.807) is 12.1 Å². The average Bonchev–Trinajstić information content (AvgIpc) is 2.94. The number of carbonyl (C=O) groups is 4. The highest BCUT2D eigenvalue weighted by molar-refractivity contribution is 6.31. The molecule has 1 aromatic carbocycles. The summed E-state index contributed by atoms with van der Waals surface area (Å²) in [5.41, 5.74) is -0.522. The van der Waals surface area contributed by atoms with Gasteiger partial charge in [0.2, 0.25) is 11.8 Å². The van der Waals surface area contributed by atoms with Crippen LogP contribution in [0.25, 0.3) is 0 Å². The number of halogens is 1. The Morgan fingerprint density at radius 3 is 2.65 bits per heavy atom. The van der Waals surface area contributed by atoms with E-state index in [1.807, 2.05) is 0 Å². The highest BCUT2D eigenvalue weighted by atomic mass is 35.5. The lowest BCUT2D eigenvalue weighted by atomic mass is 9.77. The SMILES string of the molecule is COc1ccc(Cl)cc1NC(=O)CN(C)C(=O)CN1C(=O)NC2(CCC(C)CC2)C1=O. The summed E-state index contributed by atoms with van der Waals surface area (Å²) in [6, 6.07) is 4.22. The van der Waals surface area contributed by atoms with Gasteiger partial charge in [0.1, 0.15) is 17.8 Å². The molecule has 3 rings (SSSR count). The Morgan fingerprint density at radius 2 is 2.00 bits per heavy atom. The zero-order valence-corrected chi connectivity index (χ0v) is 18.6. The Labute approximate surface area is 186 Å². The molecule has 31 heavy (non-hydrogen) atoms. The first-order valence-electron chi connectivity index (χ1n) is 10.2. The molecule has 1 saturated heterocycles. The van der Waals surface area contributed by atoms with Crippen molar-refractivity contribution in [3.05, 3.63) is 23.2 Å². The summed E-state index contributed by atoms with van der Waals surface area (Å²) in [6.07, 6.45) is 2.84. The van der Waals surface area contributed by atoms with Gasteiger partial charge in [-0.05, 0) is 49.8 Å². The van der Waals surface area contributed by atoms with E-state index >= 15 is 0 Å². The van der Waals surface area contributed by atoms with Crippen molar-refractivity contribution in [2.24, 2.45) is 5.92 Å². The number of imide groups is 1. The molecular formula is C21H27ClN4O5. The highest BCUT2D eigenvalue weighted by Gasteiger charge is 2.52. The molecule has 2 aliphatic rings. The van der Waals surface area contributed by atoms with Crippen LogP contribution in [0.1, 0.15) is 32.6 Å². The molecule has 0 radical (unpaired) electrons. The fourth-order valence-corrected chi connectivity index (χ4v) is 4.11. The van der Waals surface area contributed by atoms with Gasteiger partial charge in [0.15, 0.2) is 0 Å². The predicted molar refractivity (Wildman–Crippen MR) is 115 cm³/mol. The third kappa shape index (κ3) is 4.92. The Hall–Kier alpha value is -2.81. The molecule has 2 N–H and O–H groups in total. The first-order valence-corrected chi connectivity index (χ1v) is 10.5. The van der Waals surface area contributed by atoms with Crippen molar-refractivity contribution in [1.82, 2.24) is 15.1 Å². The number of benzene rings is 1. The lowest BCUT2D eigenvalue weighted by Gasteiger charge is -2.33. The number of rotatable bonds is 6. The van der Waals surface area contributed by atoms with Crippen LogP contribution < -0.4 is 15.4 Å². The third-order valence-corrected chi connectivity index (χ3v) is 6.14. The molecule has 1 heterocycles. The number of nitrogens with zero attached hydrogens (tertiary/aromatic N) is 2. The van der Waals surface area contributed by atoms with Crippen molar-refractivity contribution >= 4 is 41.0 Å². The van der Waals surface area contributed by atoms with Crippen LogP contribution >= 0.6 is 11.6 Å². The average molecular weight is 451 g/mol. The van der Waals surface area contributed by atoms with E-state index in [0.29, 0.717) is 35.2 Å². The number of hydrogen-bond donors (Lipinski definition) is 2. The van der Waals surface area contributed by atoms with Crippen LogP contribution in [0.4, 0.5) is 10.5 Å². The quantitative estimate of drug-likeness (QED) is 0.646. The maximum atomic E-state index is 12.9. The van der Waals surface area contributed by atoms with Gasteiger partial charge in [0, 0.05) is 12.1 Å². The van der Waals surface area contributed by atoms with E-state index in [1.165, 1.54) is 25.1 Å². The molecule has 0 unspecified atom stereocenters. The minimum atomic E-state index is -0.900. The summed E-state index contributed by atoms with van der Waals surface area (Å²) in [5.74, 6) is -0.407. The molecule has 1 saturated carbocycles. The van der Waals surface area contributed by atoms with Gasteiger partial charge in [-0.15, -0.1) is 0 Å². The number of nitrogens with one attached hydrogen (secondary N) is 2. The maximum Gasteiger partial charge on any atom is 0.325 e. The molecule has 1 aliphatic heterocycles. The summed E-state index contributed by atoms with van der Waals surface area (Å²) in [5, 5.41) is 5.86. The number of hydrogen-bond acceptors (Lipinski definition) is 5. The zero-order valence-electron chi connectivity index (χ0n) is 17.9. The van der Waals surface area contributed by atoms with Crippen LogP contribution in [0.15, 0.2) is 18.2 Å². The molecule has 0 bridgehead atoms. The predicted octanol–water partition coefficient (Wildman–Crippen LogP) is 2.25. The van der Waals surface area contributed by atoms with Crippen LogP contribution in [-0.2, 0) is 14.4 Å². The van der Waals surface area contributed by atoms with Crippen molar-refractivity contribution in [3.63, 3.8) is 0 Å². The van der Waals surface area contributed by atoms with Crippen molar-refractivity contribution in [2.45, 2.75) is 38.1 Å². The number of amides is 5. The summed E-state index contributed by atoms with van der Waals surface area (Å²) in [6.45, 7) is 1.45. The smallest absolute Gasteiger partial charge is 0.325 e. The molecule has 1 aromatic rings. The lowest BCUT2D eigenvalue weighted by molar-refractivity contribution is -0.139.